The largest absolute Gasteiger partial charge is 0.379 e. The maximum atomic E-state index is 6.21. The Hall–Kier alpha value is -2.08. The van der Waals surface area contributed by atoms with Crippen molar-refractivity contribution in [2.45, 2.75) is 19.9 Å². The zero-order valence-corrected chi connectivity index (χ0v) is 16.7. The third kappa shape index (κ3) is 5.70. The first-order chi connectivity index (χ1) is 13.0. The zero-order chi connectivity index (χ0) is 19.2. The number of morpholine rings is 1. The van der Waals surface area contributed by atoms with Gasteiger partial charge in [-0.25, -0.2) is 0 Å². The lowest BCUT2D eigenvalue weighted by Gasteiger charge is -2.34. The minimum Gasteiger partial charge on any atom is -0.379 e. The number of ether oxygens (including phenoxy) is 1. The number of benzene rings is 2. The van der Waals surface area contributed by atoms with E-state index in [4.69, 9.17) is 22.1 Å². The smallest absolute Gasteiger partial charge is 0.193 e. The Kier molecular flexibility index (Phi) is 6.72. The Bertz CT molecular complexity index is 782. The molecule has 0 spiro atoms. The molecular weight excluding hydrogens is 360 g/mol. The lowest BCUT2D eigenvalue weighted by molar-refractivity contribution is 0.0180. The molecule has 1 aliphatic heterocycles. The van der Waals surface area contributed by atoms with Crippen LogP contribution in [0.15, 0.2) is 47.5 Å². The fourth-order valence-electron chi connectivity index (χ4n) is 3.45. The number of nitrogens with two attached hydrogens (primary N) is 1. The molecule has 144 valence electrons. The van der Waals surface area contributed by atoms with Crippen molar-refractivity contribution in [2.75, 3.05) is 38.2 Å². The second kappa shape index (κ2) is 9.22. The van der Waals surface area contributed by atoms with Crippen LogP contribution in [0.5, 0.6) is 0 Å². The van der Waals surface area contributed by atoms with E-state index in [-0.39, 0.29) is 6.04 Å². The maximum Gasteiger partial charge on any atom is 0.193 e. The first-order valence-electron chi connectivity index (χ1n) is 9.24. The molecule has 1 heterocycles. The molecule has 2 aromatic carbocycles. The van der Waals surface area contributed by atoms with Gasteiger partial charge < -0.3 is 15.8 Å². The summed E-state index contributed by atoms with van der Waals surface area (Å²) in [5.41, 5.74) is 10.6. The van der Waals surface area contributed by atoms with Gasteiger partial charge in [0, 0.05) is 23.8 Å². The van der Waals surface area contributed by atoms with Crippen molar-refractivity contribution in [1.82, 2.24) is 4.90 Å². The van der Waals surface area contributed by atoms with Crippen molar-refractivity contribution < 1.29 is 4.74 Å². The Morgan fingerprint density at radius 3 is 2.56 bits per heavy atom. The third-order valence-corrected chi connectivity index (χ3v) is 4.88. The van der Waals surface area contributed by atoms with Crippen LogP contribution in [0.25, 0.3) is 0 Å². The van der Waals surface area contributed by atoms with Crippen LogP contribution in [0, 0.1) is 13.8 Å². The van der Waals surface area contributed by atoms with Gasteiger partial charge in [0.15, 0.2) is 5.96 Å². The molecule has 27 heavy (non-hydrogen) atoms. The van der Waals surface area contributed by atoms with E-state index in [9.17, 15) is 0 Å². The van der Waals surface area contributed by atoms with Gasteiger partial charge in [-0.1, -0.05) is 29.8 Å². The zero-order valence-electron chi connectivity index (χ0n) is 15.9. The van der Waals surface area contributed by atoms with E-state index in [2.05, 4.69) is 53.3 Å². The van der Waals surface area contributed by atoms with Gasteiger partial charge >= 0.3 is 0 Å². The summed E-state index contributed by atoms with van der Waals surface area (Å²) in [6.45, 7) is 7.91. The number of rotatable bonds is 5. The van der Waals surface area contributed by atoms with Gasteiger partial charge in [-0.2, -0.15) is 0 Å². The van der Waals surface area contributed by atoms with Gasteiger partial charge in [-0.15, -0.1) is 0 Å². The first kappa shape index (κ1) is 19.7. The van der Waals surface area contributed by atoms with Crippen LogP contribution in [0.4, 0.5) is 5.69 Å². The number of halogens is 1. The van der Waals surface area contributed by atoms with Gasteiger partial charge in [0.05, 0.1) is 25.8 Å². The molecule has 1 aliphatic rings. The Labute approximate surface area is 166 Å². The molecule has 0 aliphatic carbocycles. The molecular formula is C21H27ClN4O. The molecule has 1 fully saturated rings. The number of guanidine groups is 1. The van der Waals surface area contributed by atoms with Crippen LogP contribution in [0.2, 0.25) is 5.02 Å². The second-order valence-electron chi connectivity index (χ2n) is 6.95. The normalized spacial score (nSPS) is 16.9. The SMILES string of the molecule is Cc1cc(C)cc(NC(N)=NCC(c2cccc(Cl)c2)N2CCOCC2)c1. The summed E-state index contributed by atoms with van der Waals surface area (Å²) in [6, 6.07) is 14.3. The van der Waals surface area contributed by atoms with E-state index in [0.29, 0.717) is 12.5 Å². The molecule has 0 amide bonds. The van der Waals surface area contributed by atoms with E-state index >= 15 is 0 Å². The highest BCUT2D eigenvalue weighted by molar-refractivity contribution is 6.30. The molecule has 1 unspecified atom stereocenters. The fourth-order valence-corrected chi connectivity index (χ4v) is 3.65. The second-order valence-corrected chi connectivity index (χ2v) is 7.38. The fraction of sp³-hybridized carbons (Fsp3) is 0.381. The third-order valence-electron chi connectivity index (χ3n) is 4.65. The monoisotopic (exact) mass is 386 g/mol. The van der Waals surface area contributed by atoms with Gasteiger partial charge in [0.1, 0.15) is 0 Å². The number of nitrogens with zero attached hydrogens (tertiary/aromatic N) is 2. The quantitative estimate of drug-likeness (QED) is 0.606. The molecule has 2 aromatic rings. The minimum atomic E-state index is 0.118. The average Bonchev–Trinajstić information content (AvgIpc) is 2.62. The summed E-state index contributed by atoms with van der Waals surface area (Å²) in [5, 5.41) is 3.94. The van der Waals surface area contributed by atoms with Crippen molar-refractivity contribution in [3.05, 3.63) is 64.2 Å². The summed E-state index contributed by atoms with van der Waals surface area (Å²) in [5.74, 6) is 0.417. The molecule has 6 heteroatoms. The topological polar surface area (TPSA) is 62.9 Å². The van der Waals surface area contributed by atoms with Crippen LogP contribution in [0.1, 0.15) is 22.7 Å². The summed E-state index contributed by atoms with van der Waals surface area (Å²) < 4.78 is 5.50. The average molecular weight is 387 g/mol. The number of hydrogen-bond donors (Lipinski definition) is 2. The van der Waals surface area contributed by atoms with Crippen LogP contribution < -0.4 is 11.1 Å². The predicted molar refractivity (Wildman–Crippen MR) is 113 cm³/mol. The molecule has 1 saturated heterocycles. The van der Waals surface area contributed by atoms with Gasteiger partial charge in [0.25, 0.3) is 0 Å². The Morgan fingerprint density at radius 2 is 1.89 bits per heavy atom. The number of aryl methyl sites for hydroxylation is 2. The van der Waals surface area contributed by atoms with Crippen molar-refractivity contribution in [2.24, 2.45) is 10.7 Å². The van der Waals surface area contributed by atoms with Crippen LogP contribution in [-0.2, 0) is 4.74 Å². The predicted octanol–water partition coefficient (Wildman–Crippen LogP) is 3.76. The summed E-state index contributed by atoms with van der Waals surface area (Å²) in [6.07, 6.45) is 0. The van der Waals surface area contributed by atoms with Crippen LogP contribution >= 0.6 is 11.6 Å². The number of anilines is 1. The van der Waals surface area contributed by atoms with Crippen molar-refractivity contribution in [1.29, 1.82) is 0 Å². The number of nitrogens with one attached hydrogen (secondary N) is 1. The lowest BCUT2D eigenvalue weighted by atomic mass is 10.0. The van der Waals surface area contributed by atoms with Crippen molar-refractivity contribution in [3.8, 4) is 0 Å². The van der Waals surface area contributed by atoms with E-state index in [1.54, 1.807) is 0 Å². The standard InChI is InChI=1S/C21H27ClN4O/c1-15-10-16(2)12-19(11-15)25-21(23)24-14-20(26-6-8-27-9-7-26)17-4-3-5-18(22)13-17/h3-5,10-13,20H,6-9,14H2,1-2H3,(H3,23,24,25). The number of hydrogen-bond acceptors (Lipinski definition) is 3. The summed E-state index contributed by atoms with van der Waals surface area (Å²) >= 11 is 6.21. The molecule has 0 radical (unpaired) electrons. The van der Waals surface area contributed by atoms with E-state index in [0.717, 1.165) is 42.6 Å². The van der Waals surface area contributed by atoms with Crippen molar-refractivity contribution >= 4 is 23.2 Å². The lowest BCUT2D eigenvalue weighted by Crippen LogP contribution is -2.40. The molecule has 3 rings (SSSR count). The molecule has 0 saturated carbocycles. The highest BCUT2D eigenvalue weighted by Gasteiger charge is 2.22. The van der Waals surface area contributed by atoms with Gasteiger partial charge in [0.2, 0.25) is 0 Å². The summed E-state index contributed by atoms with van der Waals surface area (Å²) in [4.78, 5) is 7.00. The van der Waals surface area contributed by atoms with Crippen LogP contribution in [-0.4, -0.2) is 43.7 Å². The van der Waals surface area contributed by atoms with Crippen molar-refractivity contribution in [3.63, 3.8) is 0 Å². The molecule has 5 nitrogen and oxygen atoms in total. The van der Waals surface area contributed by atoms with E-state index < -0.39 is 0 Å². The highest BCUT2D eigenvalue weighted by atomic mass is 35.5. The van der Waals surface area contributed by atoms with Gasteiger partial charge in [-0.05, 0) is 54.8 Å². The maximum absolute atomic E-state index is 6.21. The molecule has 3 N–H and O–H groups in total. The molecule has 0 aromatic heterocycles. The highest BCUT2D eigenvalue weighted by Crippen LogP contribution is 2.25. The van der Waals surface area contributed by atoms with Gasteiger partial charge in [-0.3, -0.25) is 9.89 Å². The number of aliphatic imine (C=N–C) groups is 1. The molecule has 1 atom stereocenters. The summed E-state index contributed by atoms with van der Waals surface area (Å²) in [7, 11) is 0. The Morgan fingerprint density at radius 1 is 1.19 bits per heavy atom. The van der Waals surface area contributed by atoms with Crippen LogP contribution in [0.3, 0.4) is 0 Å². The first-order valence-corrected chi connectivity index (χ1v) is 9.61. The minimum absolute atomic E-state index is 0.118. The Balaban J connectivity index is 1.75. The van der Waals surface area contributed by atoms with E-state index in [1.807, 2.05) is 18.2 Å². The molecule has 0 bridgehead atoms. The van der Waals surface area contributed by atoms with E-state index in [1.165, 1.54) is 11.1 Å².